The Morgan fingerprint density at radius 1 is 1.14 bits per heavy atom. The Labute approximate surface area is 219 Å². The third-order valence-electron chi connectivity index (χ3n) is 7.13. The highest BCUT2D eigenvalue weighted by Gasteiger charge is 2.15. The van der Waals surface area contributed by atoms with Gasteiger partial charge in [0.15, 0.2) is 0 Å². The number of hydrogen-bond donors (Lipinski definition) is 3. The van der Waals surface area contributed by atoms with Crippen molar-refractivity contribution in [3.05, 3.63) is 107 Å². The molecule has 3 heterocycles. The molecule has 5 heteroatoms. The first-order valence-corrected chi connectivity index (χ1v) is 13.1. The third kappa shape index (κ3) is 5.27. The van der Waals surface area contributed by atoms with Crippen molar-refractivity contribution in [3.8, 4) is 11.3 Å². The van der Waals surface area contributed by atoms with Crippen molar-refractivity contribution in [1.82, 2.24) is 20.3 Å². The minimum absolute atomic E-state index is 0.615. The number of likely N-dealkylation sites (N-methyl/N-ethyl adjacent to an activating group) is 1. The summed E-state index contributed by atoms with van der Waals surface area (Å²) in [5.41, 5.74) is 18.3. The highest BCUT2D eigenvalue weighted by atomic mass is 14.8. The van der Waals surface area contributed by atoms with Crippen molar-refractivity contribution in [1.29, 1.82) is 0 Å². The molecule has 37 heavy (non-hydrogen) atoms. The summed E-state index contributed by atoms with van der Waals surface area (Å²) in [6, 6.07) is 15.0. The van der Waals surface area contributed by atoms with Crippen LogP contribution in [0.1, 0.15) is 48.5 Å². The Bertz CT molecular complexity index is 1510. The number of aryl methyl sites for hydroxylation is 2. The first-order valence-electron chi connectivity index (χ1n) is 13.1. The van der Waals surface area contributed by atoms with Gasteiger partial charge >= 0.3 is 0 Å². The zero-order chi connectivity index (χ0) is 25.8. The second kappa shape index (κ2) is 11.0. The van der Waals surface area contributed by atoms with Gasteiger partial charge in [-0.25, -0.2) is 0 Å². The fourth-order valence-corrected chi connectivity index (χ4v) is 5.11. The van der Waals surface area contributed by atoms with Crippen LogP contribution in [0.5, 0.6) is 0 Å². The molecule has 0 radical (unpaired) electrons. The number of aromatic nitrogens is 3. The van der Waals surface area contributed by atoms with Crippen LogP contribution in [-0.4, -0.2) is 28.0 Å². The van der Waals surface area contributed by atoms with Gasteiger partial charge in [0.05, 0.1) is 22.8 Å². The summed E-state index contributed by atoms with van der Waals surface area (Å²) in [6.45, 7) is 9.78. The van der Waals surface area contributed by atoms with E-state index >= 15 is 0 Å². The molecule has 1 aliphatic rings. The molecule has 0 amide bonds. The lowest BCUT2D eigenvalue weighted by Gasteiger charge is -2.10. The Morgan fingerprint density at radius 2 is 2.00 bits per heavy atom. The number of nitrogens with one attached hydrogen (secondary N) is 2. The third-order valence-corrected chi connectivity index (χ3v) is 7.13. The second-order valence-electron chi connectivity index (χ2n) is 9.61. The van der Waals surface area contributed by atoms with Gasteiger partial charge in [0.1, 0.15) is 0 Å². The molecule has 0 fully saturated rings. The van der Waals surface area contributed by atoms with Gasteiger partial charge in [-0.3, -0.25) is 9.97 Å². The van der Waals surface area contributed by atoms with Crippen LogP contribution in [0.4, 0.5) is 5.69 Å². The van der Waals surface area contributed by atoms with Crippen molar-refractivity contribution in [2.24, 2.45) is 0 Å². The Balaban J connectivity index is 1.45. The van der Waals surface area contributed by atoms with E-state index in [-0.39, 0.29) is 0 Å². The van der Waals surface area contributed by atoms with Crippen LogP contribution in [0.2, 0.25) is 0 Å². The average Bonchev–Trinajstić information content (AvgIpc) is 3.56. The summed E-state index contributed by atoms with van der Waals surface area (Å²) >= 11 is 0. The Hall–Kier alpha value is -3.96. The number of aromatic amines is 1. The summed E-state index contributed by atoms with van der Waals surface area (Å²) in [5, 5.41) is 4.48. The van der Waals surface area contributed by atoms with Crippen molar-refractivity contribution >= 4 is 22.2 Å². The van der Waals surface area contributed by atoms with E-state index in [0.29, 0.717) is 12.1 Å². The Kier molecular flexibility index (Phi) is 7.33. The number of rotatable bonds is 9. The van der Waals surface area contributed by atoms with Crippen molar-refractivity contribution in [2.75, 3.05) is 18.8 Å². The molecular weight excluding hydrogens is 454 g/mol. The fraction of sp³-hybridized carbons (Fsp3) is 0.250. The zero-order valence-electron chi connectivity index (χ0n) is 21.8. The number of nitrogen functional groups attached to an aromatic ring is 1. The first-order chi connectivity index (χ1) is 18.1. The van der Waals surface area contributed by atoms with Gasteiger partial charge < -0.3 is 16.0 Å². The van der Waals surface area contributed by atoms with E-state index in [4.69, 9.17) is 15.7 Å². The average molecular weight is 490 g/mol. The maximum Gasteiger partial charge on any atom is 0.0795 e. The molecule has 0 atom stereocenters. The number of fused-ring (bicyclic) bond motifs is 2. The molecule has 4 aromatic rings. The monoisotopic (exact) mass is 489 g/mol. The summed E-state index contributed by atoms with van der Waals surface area (Å²) in [4.78, 5) is 13.3. The first kappa shape index (κ1) is 24.7. The lowest BCUT2D eigenvalue weighted by Crippen LogP contribution is -2.15. The number of anilines is 1. The molecule has 1 aliphatic carbocycles. The minimum Gasteiger partial charge on any atom is -0.397 e. The molecule has 5 nitrogen and oxygen atoms in total. The normalized spacial score (nSPS) is 13.8. The van der Waals surface area contributed by atoms with E-state index in [9.17, 15) is 0 Å². The van der Waals surface area contributed by atoms with Gasteiger partial charge in [0, 0.05) is 41.3 Å². The molecule has 188 valence electrons. The van der Waals surface area contributed by atoms with Crippen LogP contribution < -0.4 is 11.1 Å². The molecule has 0 saturated carbocycles. The molecule has 5 rings (SSSR count). The van der Waals surface area contributed by atoms with Crippen molar-refractivity contribution < 1.29 is 0 Å². The molecule has 4 N–H and O–H groups in total. The van der Waals surface area contributed by atoms with Gasteiger partial charge in [0.25, 0.3) is 0 Å². The van der Waals surface area contributed by atoms with Gasteiger partial charge in [-0.15, -0.1) is 0 Å². The number of hydrogen-bond acceptors (Lipinski definition) is 4. The maximum absolute atomic E-state index is 6.39. The maximum atomic E-state index is 6.39. The Morgan fingerprint density at radius 3 is 2.81 bits per heavy atom. The van der Waals surface area contributed by atoms with E-state index in [0.717, 1.165) is 64.3 Å². The molecular formula is C32H35N5. The SMILES string of the molecule is C=C/C(=C\C(=C/C)c1ccc(N)c(Cc2cc3c(-c4ccc5c(c4)CCC5)nccc3[nH]2)n1)CNCC. The topological polar surface area (TPSA) is 79.6 Å². The van der Waals surface area contributed by atoms with E-state index in [1.165, 1.54) is 29.5 Å². The molecule has 0 aliphatic heterocycles. The van der Waals surface area contributed by atoms with Crippen LogP contribution in [0.25, 0.3) is 27.7 Å². The zero-order valence-corrected chi connectivity index (χ0v) is 21.8. The van der Waals surface area contributed by atoms with E-state index in [1.807, 2.05) is 37.4 Å². The second-order valence-corrected chi connectivity index (χ2v) is 9.61. The number of pyridine rings is 2. The van der Waals surface area contributed by atoms with Gasteiger partial charge in [-0.05, 0) is 91.4 Å². The van der Waals surface area contributed by atoms with E-state index in [2.05, 4.69) is 60.2 Å². The predicted molar refractivity (Wildman–Crippen MR) is 155 cm³/mol. The number of allylic oxidation sites excluding steroid dienone is 3. The van der Waals surface area contributed by atoms with Crippen LogP contribution in [0.3, 0.4) is 0 Å². The standard InChI is InChI=1S/C32H35N5/c1-4-21(20-34-6-3)16-22(5-2)29-13-12-28(33)31(37-29)19-26-18-27-30(36-26)14-15-35-32(27)25-11-10-23-8-7-9-24(23)17-25/h4-5,10-18,34,36H,1,6-9,19-20,33H2,2-3H3/b21-16+,22-5+. The molecule has 0 bridgehead atoms. The van der Waals surface area contributed by atoms with E-state index in [1.54, 1.807) is 0 Å². The highest BCUT2D eigenvalue weighted by molar-refractivity contribution is 5.93. The van der Waals surface area contributed by atoms with E-state index < -0.39 is 0 Å². The molecule has 0 saturated heterocycles. The molecule has 1 aromatic carbocycles. The highest BCUT2D eigenvalue weighted by Crippen LogP contribution is 2.32. The summed E-state index contributed by atoms with van der Waals surface area (Å²) in [5.74, 6) is 0. The van der Waals surface area contributed by atoms with Crippen LogP contribution in [-0.2, 0) is 19.3 Å². The van der Waals surface area contributed by atoms with Crippen LogP contribution >= 0.6 is 0 Å². The largest absolute Gasteiger partial charge is 0.397 e. The van der Waals surface area contributed by atoms with Crippen molar-refractivity contribution in [3.63, 3.8) is 0 Å². The smallest absolute Gasteiger partial charge is 0.0795 e. The number of H-pyrrole nitrogens is 1. The lowest BCUT2D eigenvalue weighted by atomic mass is 10.0. The van der Waals surface area contributed by atoms with Crippen LogP contribution in [0, 0.1) is 0 Å². The molecule has 0 spiro atoms. The quantitative estimate of drug-likeness (QED) is 0.237. The summed E-state index contributed by atoms with van der Waals surface area (Å²) in [7, 11) is 0. The van der Waals surface area contributed by atoms with Crippen LogP contribution in [0.15, 0.2) is 79.0 Å². The molecule has 0 unspecified atom stereocenters. The fourth-order valence-electron chi connectivity index (χ4n) is 5.11. The lowest BCUT2D eigenvalue weighted by molar-refractivity contribution is 0.785. The number of nitrogens with zero attached hydrogens (tertiary/aromatic N) is 2. The minimum atomic E-state index is 0.615. The van der Waals surface area contributed by atoms with Crippen molar-refractivity contribution in [2.45, 2.75) is 39.5 Å². The van der Waals surface area contributed by atoms with Gasteiger partial charge in [-0.1, -0.05) is 37.8 Å². The predicted octanol–water partition coefficient (Wildman–Crippen LogP) is 6.41. The summed E-state index contributed by atoms with van der Waals surface area (Å²) in [6.07, 6.45) is 12.2. The summed E-state index contributed by atoms with van der Waals surface area (Å²) < 4.78 is 0. The van der Waals surface area contributed by atoms with Gasteiger partial charge in [0.2, 0.25) is 0 Å². The number of nitrogens with two attached hydrogens (primary N) is 1. The number of benzene rings is 1. The van der Waals surface area contributed by atoms with Gasteiger partial charge in [-0.2, -0.15) is 0 Å². The molecule has 3 aromatic heterocycles.